The van der Waals surface area contributed by atoms with Gasteiger partial charge in [0.25, 0.3) is 0 Å². The van der Waals surface area contributed by atoms with Crippen LogP contribution < -0.4 is 0 Å². The van der Waals surface area contributed by atoms with Gasteiger partial charge in [-0.25, -0.2) is 0 Å². The van der Waals surface area contributed by atoms with Crippen molar-refractivity contribution >= 4 is 10.1 Å². The lowest BCUT2D eigenvalue weighted by molar-refractivity contribution is 0.302. The van der Waals surface area contributed by atoms with E-state index < -0.39 is 14.9 Å². The summed E-state index contributed by atoms with van der Waals surface area (Å²) in [4.78, 5) is 0. The van der Waals surface area contributed by atoms with Gasteiger partial charge in [0.05, 0.1) is 0 Å². The van der Waals surface area contributed by atoms with E-state index in [-0.39, 0.29) is 0 Å². The molecule has 1 fully saturated rings. The van der Waals surface area contributed by atoms with Gasteiger partial charge in [-0.3, -0.25) is 0 Å². The fraction of sp³-hybridized carbons (Fsp3) is 1.00. The van der Waals surface area contributed by atoms with E-state index in [9.17, 15) is 8.42 Å². The van der Waals surface area contributed by atoms with E-state index in [1.54, 1.807) is 6.92 Å². The molecule has 1 saturated carbocycles. The third-order valence-corrected chi connectivity index (χ3v) is 4.69. The summed E-state index contributed by atoms with van der Waals surface area (Å²) in [6.07, 6.45) is 3.18. The maximum Gasteiger partial charge on any atom is 0.383 e. The molecule has 0 aromatic rings. The van der Waals surface area contributed by atoms with Crippen LogP contribution in [-0.2, 0) is 10.1 Å². The largest absolute Gasteiger partial charge is 0.383 e. The van der Waals surface area contributed by atoms with Crippen LogP contribution in [0.2, 0.25) is 0 Å². The van der Waals surface area contributed by atoms with Crippen molar-refractivity contribution in [2.45, 2.75) is 44.3 Å². The van der Waals surface area contributed by atoms with E-state index in [4.69, 9.17) is 4.55 Å². The zero-order chi connectivity index (χ0) is 9.41. The molecule has 0 heterocycles. The Bertz CT molecular complexity index is 247. The van der Waals surface area contributed by atoms with Crippen LogP contribution in [0.4, 0.5) is 0 Å². The molecule has 0 spiro atoms. The molecule has 0 aromatic heterocycles. The fourth-order valence-electron chi connectivity index (χ4n) is 1.64. The van der Waals surface area contributed by atoms with E-state index in [1.807, 2.05) is 0 Å². The molecule has 1 aliphatic carbocycles. The van der Waals surface area contributed by atoms with Gasteiger partial charge in [-0.05, 0) is 38.5 Å². The Morgan fingerprint density at radius 2 is 1.75 bits per heavy atom. The van der Waals surface area contributed by atoms with Crippen LogP contribution in [-0.4, -0.2) is 17.7 Å². The van der Waals surface area contributed by atoms with Gasteiger partial charge in [-0.2, -0.15) is 8.42 Å². The average molecular weight is 193 g/mol. The van der Waals surface area contributed by atoms with Gasteiger partial charge in [0.2, 0.25) is 0 Å². The molecule has 0 bridgehead atoms. The van der Waals surface area contributed by atoms with Gasteiger partial charge < -0.3 is 4.55 Å². The molecule has 1 rings (SSSR count). The standard InChI is InChI=1S/C8H16O3S/c1-7-3-5-8(2,6-4-7)12(9,10)11/h7H,3-6H2,1-2H3,(H,9,10,11)/p+1. The Kier molecular flexibility index (Phi) is 2.50. The highest BCUT2D eigenvalue weighted by atomic mass is 32.2. The van der Waals surface area contributed by atoms with Crippen molar-refractivity contribution in [3.8, 4) is 0 Å². The first kappa shape index (κ1) is 9.99. The summed E-state index contributed by atoms with van der Waals surface area (Å²) >= 11 is 0. The van der Waals surface area contributed by atoms with Crippen molar-refractivity contribution in [2.24, 2.45) is 5.92 Å². The highest BCUT2D eigenvalue weighted by Crippen LogP contribution is 2.36. The molecule has 1 aliphatic rings. The van der Waals surface area contributed by atoms with Crippen molar-refractivity contribution in [2.75, 3.05) is 0 Å². The lowest BCUT2D eigenvalue weighted by atomic mass is 9.83. The maximum absolute atomic E-state index is 11.1. The summed E-state index contributed by atoms with van der Waals surface area (Å²) in [6, 6.07) is 0. The highest BCUT2D eigenvalue weighted by molar-refractivity contribution is 7.87. The third kappa shape index (κ3) is 1.80. The minimum absolute atomic E-state index is 0.625. The first-order chi connectivity index (χ1) is 5.35. The summed E-state index contributed by atoms with van der Waals surface area (Å²) in [5, 5.41) is 0. The summed E-state index contributed by atoms with van der Waals surface area (Å²) < 4.78 is 28.5. The molecule has 2 N–H and O–H groups in total. The lowest BCUT2D eigenvalue weighted by Gasteiger charge is -2.30. The van der Waals surface area contributed by atoms with Crippen LogP contribution in [0.3, 0.4) is 0 Å². The predicted molar refractivity (Wildman–Crippen MR) is 48.6 cm³/mol. The average Bonchev–Trinajstić information content (AvgIpc) is 1.93. The number of hydrogen-bond acceptors (Lipinski definition) is 2. The number of rotatable bonds is 1. The van der Waals surface area contributed by atoms with Gasteiger partial charge in [0.15, 0.2) is 0 Å². The molecule has 0 atom stereocenters. The molecule has 3 nitrogen and oxygen atoms in total. The van der Waals surface area contributed by atoms with Crippen molar-refractivity contribution in [3.63, 3.8) is 0 Å². The first-order valence-electron chi connectivity index (χ1n) is 4.34. The molecular formula is C8H17O3S+. The molecule has 0 unspecified atom stereocenters. The van der Waals surface area contributed by atoms with Crippen LogP contribution >= 0.6 is 0 Å². The molecule has 12 heavy (non-hydrogen) atoms. The maximum atomic E-state index is 11.1. The molecule has 72 valence electrons. The Labute approximate surface area is 73.9 Å². The molecule has 0 aliphatic heterocycles. The normalized spacial score (nSPS) is 38.1. The number of hydrogen-bond donors (Lipinski definition) is 0. The van der Waals surface area contributed by atoms with E-state index in [0.717, 1.165) is 12.8 Å². The third-order valence-electron chi connectivity index (χ3n) is 2.98. The monoisotopic (exact) mass is 193 g/mol. The van der Waals surface area contributed by atoms with Crippen molar-refractivity contribution in [1.29, 1.82) is 0 Å². The van der Waals surface area contributed by atoms with Gasteiger partial charge in [0, 0.05) is 0 Å². The Hall–Kier alpha value is -0.0900. The van der Waals surface area contributed by atoms with Crippen molar-refractivity contribution in [1.82, 2.24) is 0 Å². The summed E-state index contributed by atoms with van der Waals surface area (Å²) in [6.45, 7) is 3.83. The smallest absolute Gasteiger partial charge is 0.332 e. The lowest BCUT2D eigenvalue weighted by Crippen LogP contribution is -2.38. The molecule has 0 amide bonds. The first-order valence-corrected chi connectivity index (χ1v) is 5.83. The minimum Gasteiger partial charge on any atom is -0.332 e. The van der Waals surface area contributed by atoms with Crippen LogP contribution in [0.5, 0.6) is 0 Å². The van der Waals surface area contributed by atoms with Crippen LogP contribution in [0.1, 0.15) is 39.5 Å². The second kappa shape index (κ2) is 3.00. The van der Waals surface area contributed by atoms with Crippen molar-refractivity contribution < 1.29 is 13.0 Å². The van der Waals surface area contributed by atoms with Crippen LogP contribution in [0.25, 0.3) is 0 Å². The second-order valence-electron chi connectivity index (χ2n) is 4.14. The van der Waals surface area contributed by atoms with Gasteiger partial charge >= 0.3 is 10.1 Å². The molecule has 0 radical (unpaired) electrons. The zero-order valence-corrected chi connectivity index (χ0v) is 8.45. The fourth-order valence-corrected chi connectivity index (χ4v) is 2.41. The molecule has 0 aromatic carbocycles. The summed E-state index contributed by atoms with van der Waals surface area (Å²) in [7, 11) is -3.60. The van der Waals surface area contributed by atoms with Gasteiger partial charge in [0.1, 0.15) is 4.75 Å². The van der Waals surface area contributed by atoms with Crippen LogP contribution in [0.15, 0.2) is 0 Å². The second-order valence-corrected chi connectivity index (χ2v) is 6.13. The van der Waals surface area contributed by atoms with E-state index in [2.05, 4.69) is 6.92 Å². The van der Waals surface area contributed by atoms with E-state index in [0.29, 0.717) is 18.8 Å². The molecule has 0 saturated heterocycles. The summed E-state index contributed by atoms with van der Waals surface area (Å²) in [5.41, 5.74) is 0. The van der Waals surface area contributed by atoms with Gasteiger partial charge in [-0.1, -0.05) is 6.92 Å². The Morgan fingerprint density at radius 1 is 1.33 bits per heavy atom. The zero-order valence-electron chi connectivity index (χ0n) is 7.63. The van der Waals surface area contributed by atoms with E-state index >= 15 is 0 Å². The van der Waals surface area contributed by atoms with Crippen LogP contribution in [0, 0.1) is 5.92 Å². The highest BCUT2D eigenvalue weighted by Gasteiger charge is 2.44. The Balaban J connectivity index is 2.76. The Morgan fingerprint density at radius 3 is 2.08 bits per heavy atom. The SMILES string of the molecule is CC1CCC(C)(S(=O)(=O)[OH2+])CC1. The van der Waals surface area contributed by atoms with Gasteiger partial charge in [-0.15, -0.1) is 0 Å². The molecule has 4 heteroatoms. The predicted octanol–water partition coefficient (Wildman–Crippen LogP) is 1.01. The quantitative estimate of drug-likeness (QED) is 0.583. The minimum atomic E-state index is -3.60. The topological polar surface area (TPSA) is 57.0 Å². The van der Waals surface area contributed by atoms with Crippen molar-refractivity contribution in [3.05, 3.63) is 0 Å². The molecular weight excluding hydrogens is 176 g/mol. The van der Waals surface area contributed by atoms with E-state index in [1.165, 1.54) is 0 Å². The summed E-state index contributed by atoms with van der Waals surface area (Å²) in [5.74, 6) is 0.625.